The Labute approximate surface area is 168 Å². The van der Waals surface area contributed by atoms with Crippen LogP contribution in [0.4, 0.5) is 18.9 Å². The summed E-state index contributed by atoms with van der Waals surface area (Å²) in [5, 5.41) is 6.80. The Balaban J connectivity index is 1.83. The lowest BCUT2D eigenvalue weighted by molar-refractivity contribution is -0.137. The number of hydrogen-bond donors (Lipinski definition) is 2. The number of anilines is 1. The fourth-order valence-corrected chi connectivity index (χ4v) is 3.99. The third-order valence-corrected chi connectivity index (χ3v) is 5.19. The molecule has 7 heteroatoms. The zero-order valence-electron chi connectivity index (χ0n) is 15.6. The molecule has 2 N–H and O–H groups in total. The summed E-state index contributed by atoms with van der Waals surface area (Å²) in [6.45, 7) is 2.42. The average molecular weight is 408 g/mol. The molecule has 0 unspecified atom stereocenters. The predicted molar refractivity (Wildman–Crippen MR) is 109 cm³/mol. The minimum atomic E-state index is -4.37. The molecule has 0 radical (unpaired) electrons. The SMILES string of the molecule is CCOc1ccccc1NC(=S)NC1(c2cccc(C(F)(F)F)c2)CCCC1. The van der Waals surface area contributed by atoms with Crippen LogP contribution >= 0.6 is 12.2 Å². The Morgan fingerprint density at radius 2 is 1.82 bits per heavy atom. The molecule has 2 aromatic rings. The Kier molecular flexibility index (Phi) is 6.13. The van der Waals surface area contributed by atoms with Crippen molar-refractivity contribution >= 4 is 23.0 Å². The van der Waals surface area contributed by atoms with E-state index in [-0.39, 0.29) is 0 Å². The Hall–Kier alpha value is -2.28. The van der Waals surface area contributed by atoms with Crippen molar-refractivity contribution in [3.8, 4) is 5.75 Å². The van der Waals surface area contributed by atoms with Gasteiger partial charge in [-0.25, -0.2) is 0 Å². The number of halogens is 3. The Morgan fingerprint density at radius 1 is 1.11 bits per heavy atom. The normalized spacial score (nSPS) is 15.9. The summed E-state index contributed by atoms with van der Waals surface area (Å²) in [5.41, 5.74) is 0.0890. The van der Waals surface area contributed by atoms with Crippen molar-refractivity contribution < 1.29 is 17.9 Å². The van der Waals surface area contributed by atoms with Gasteiger partial charge in [0, 0.05) is 0 Å². The summed E-state index contributed by atoms with van der Waals surface area (Å²) in [4.78, 5) is 0. The van der Waals surface area contributed by atoms with Crippen LogP contribution in [-0.2, 0) is 11.7 Å². The van der Waals surface area contributed by atoms with Crippen molar-refractivity contribution in [1.82, 2.24) is 5.32 Å². The van der Waals surface area contributed by atoms with Crippen LogP contribution in [0.2, 0.25) is 0 Å². The van der Waals surface area contributed by atoms with Gasteiger partial charge in [-0.3, -0.25) is 0 Å². The first-order valence-corrected chi connectivity index (χ1v) is 9.74. The zero-order valence-corrected chi connectivity index (χ0v) is 16.4. The van der Waals surface area contributed by atoms with Crippen LogP contribution in [0.1, 0.15) is 43.7 Å². The fourth-order valence-electron chi connectivity index (χ4n) is 3.68. The van der Waals surface area contributed by atoms with Gasteiger partial charge in [-0.1, -0.05) is 37.1 Å². The molecule has 1 fully saturated rings. The van der Waals surface area contributed by atoms with Crippen LogP contribution in [0.25, 0.3) is 0 Å². The first kappa shape index (κ1) is 20.5. The highest BCUT2D eigenvalue weighted by atomic mass is 32.1. The van der Waals surface area contributed by atoms with Crippen LogP contribution in [0, 0.1) is 0 Å². The Bertz CT molecular complexity index is 832. The third-order valence-electron chi connectivity index (χ3n) is 4.99. The van der Waals surface area contributed by atoms with E-state index >= 15 is 0 Å². The number of benzene rings is 2. The van der Waals surface area contributed by atoms with E-state index in [1.54, 1.807) is 6.07 Å². The van der Waals surface area contributed by atoms with Gasteiger partial charge < -0.3 is 15.4 Å². The van der Waals surface area contributed by atoms with Gasteiger partial charge in [-0.05, 0) is 61.8 Å². The van der Waals surface area contributed by atoms with Crippen LogP contribution in [0.5, 0.6) is 5.75 Å². The number of ether oxygens (including phenoxy) is 1. The summed E-state index contributed by atoms with van der Waals surface area (Å²) in [5.74, 6) is 0.675. The van der Waals surface area contributed by atoms with Crippen molar-refractivity contribution in [3.05, 3.63) is 59.7 Å². The van der Waals surface area contributed by atoms with Gasteiger partial charge in [0.05, 0.1) is 23.4 Å². The van der Waals surface area contributed by atoms with Crippen LogP contribution in [0.3, 0.4) is 0 Å². The molecule has 0 amide bonds. The molecule has 3 rings (SSSR count). The summed E-state index contributed by atoms with van der Waals surface area (Å²) in [6, 6.07) is 13.0. The summed E-state index contributed by atoms with van der Waals surface area (Å²) in [6.07, 6.45) is -1.06. The lowest BCUT2D eigenvalue weighted by atomic mass is 9.87. The second-order valence-corrected chi connectivity index (χ2v) is 7.28. The molecule has 0 heterocycles. The maximum absolute atomic E-state index is 13.2. The minimum Gasteiger partial charge on any atom is -0.492 e. The first-order valence-electron chi connectivity index (χ1n) is 9.33. The first-order chi connectivity index (χ1) is 13.3. The zero-order chi connectivity index (χ0) is 20.2. The lowest BCUT2D eigenvalue weighted by Gasteiger charge is -2.33. The van der Waals surface area contributed by atoms with E-state index in [0.29, 0.717) is 23.0 Å². The number of thiocarbonyl (C=S) groups is 1. The van der Waals surface area contributed by atoms with E-state index in [0.717, 1.165) is 37.4 Å². The van der Waals surface area contributed by atoms with E-state index in [9.17, 15) is 13.2 Å². The smallest absolute Gasteiger partial charge is 0.416 e. The average Bonchev–Trinajstić information content (AvgIpc) is 3.12. The number of para-hydroxylation sites is 2. The molecular formula is C21H23F3N2OS. The molecule has 1 saturated carbocycles. The Morgan fingerprint density at radius 3 is 2.50 bits per heavy atom. The van der Waals surface area contributed by atoms with Crippen molar-refractivity contribution in [1.29, 1.82) is 0 Å². The summed E-state index contributed by atoms with van der Waals surface area (Å²) < 4.78 is 45.1. The highest BCUT2D eigenvalue weighted by Gasteiger charge is 2.38. The van der Waals surface area contributed by atoms with Gasteiger partial charge in [0.1, 0.15) is 5.75 Å². The van der Waals surface area contributed by atoms with Crippen molar-refractivity contribution in [3.63, 3.8) is 0 Å². The topological polar surface area (TPSA) is 33.3 Å². The largest absolute Gasteiger partial charge is 0.492 e. The molecule has 0 bridgehead atoms. The van der Waals surface area contributed by atoms with E-state index < -0.39 is 17.3 Å². The number of hydrogen-bond acceptors (Lipinski definition) is 2. The molecule has 0 saturated heterocycles. The highest BCUT2D eigenvalue weighted by molar-refractivity contribution is 7.80. The molecule has 1 aliphatic carbocycles. The molecule has 150 valence electrons. The molecule has 0 atom stereocenters. The van der Waals surface area contributed by atoms with E-state index in [1.165, 1.54) is 12.1 Å². The monoisotopic (exact) mass is 408 g/mol. The van der Waals surface area contributed by atoms with Crippen molar-refractivity contribution in [2.75, 3.05) is 11.9 Å². The molecule has 28 heavy (non-hydrogen) atoms. The van der Waals surface area contributed by atoms with Crippen LogP contribution < -0.4 is 15.4 Å². The molecule has 0 aromatic heterocycles. The van der Waals surface area contributed by atoms with Gasteiger partial charge in [-0.15, -0.1) is 0 Å². The molecule has 2 aromatic carbocycles. The second kappa shape index (κ2) is 8.39. The third kappa shape index (κ3) is 4.58. The van der Waals surface area contributed by atoms with E-state index in [2.05, 4.69) is 10.6 Å². The number of rotatable bonds is 5. The van der Waals surface area contributed by atoms with Gasteiger partial charge in [0.2, 0.25) is 0 Å². The summed E-state index contributed by atoms with van der Waals surface area (Å²) in [7, 11) is 0. The van der Waals surface area contributed by atoms with Crippen molar-refractivity contribution in [2.24, 2.45) is 0 Å². The predicted octanol–water partition coefficient (Wildman–Crippen LogP) is 5.86. The minimum absolute atomic E-state index is 0.367. The van der Waals surface area contributed by atoms with Crippen LogP contribution in [0.15, 0.2) is 48.5 Å². The molecule has 0 spiro atoms. The number of nitrogens with one attached hydrogen (secondary N) is 2. The van der Waals surface area contributed by atoms with Gasteiger partial charge in [0.15, 0.2) is 5.11 Å². The molecule has 1 aliphatic rings. The van der Waals surface area contributed by atoms with Crippen LogP contribution in [-0.4, -0.2) is 11.7 Å². The summed E-state index contributed by atoms with van der Waals surface area (Å²) >= 11 is 5.49. The van der Waals surface area contributed by atoms with E-state index in [1.807, 2.05) is 31.2 Å². The maximum atomic E-state index is 13.2. The lowest BCUT2D eigenvalue weighted by Crippen LogP contribution is -2.45. The van der Waals surface area contributed by atoms with E-state index in [4.69, 9.17) is 17.0 Å². The quantitative estimate of drug-likeness (QED) is 0.607. The van der Waals surface area contributed by atoms with Gasteiger partial charge in [0.25, 0.3) is 0 Å². The molecular weight excluding hydrogens is 385 g/mol. The molecule has 0 aliphatic heterocycles. The second-order valence-electron chi connectivity index (χ2n) is 6.88. The standard InChI is InChI=1S/C21H23F3N2OS/c1-2-27-18-11-4-3-10-17(18)25-19(28)26-20(12-5-6-13-20)15-8-7-9-16(14-15)21(22,23)24/h3-4,7-11,14H,2,5-6,12-13H2,1H3,(H2,25,26,28). The fraction of sp³-hybridized carbons (Fsp3) is 0.381. The number of alkyl halides is 3. The van der Waals surface area contributed by atoms with Gasteiger partial charge in [-0.2, -0.15) is 13.2 Å². The maximum Gasteiger partial charge on any atom is 0.416 e. The molecule has 3 nitrogen and oxygen atoms in total. The van der Waals surface area contributed by atoms with Crippen molar-refractivity contribution in [2.45, 2.75) is 44.3 Å². The van der Waals surface area contributed by atoms with Gasteiger partial charge >= 0.3 is 6.18 Å². The highest BCUT2D eigenvalue weighted by Crippen LogP contribution is 2.41.